The maximum atomic E-state index is 13.1. The van der Waals surface area contributed by atoms with Gasteiger partial charge in [0.25, 0.3) is 5.60 Å². The van der Waals surface area contributed by atoms with E-state index in [4.69, 9.17) is 4.74 Å². The number of rotatable bonds is 4. The lowest BCUT2D eigenvalue weighted by Gasteiger charge is -2.26. The van der Waals surface area contributed by atoms with Crippen LogP contribution >= 0.6 is 0 Å². The van der Waals surface area contributed by atoms with Crippen molar-refractivity contribution in [2.75, 3.05) is 0 Å². The van der Waals surface area contributed by atoms with Gasteiger partial charge in [-0.05, 0) is 17.9 Å². The molecular formula is C21H20O4. The minimum absolute atomic E-state index is 0.267. The zero-order valence-corrected chi connectivity index (χ0v) is 14.5. The Kier molecular flexibility index (Phi) is 4.29. The topological polar surface area (TPSA) is 60.4 Å². The molecule has 0 heterocycles. The number of Topliss-reactive ketones (excluding diaryl/α,β-unsaturated/α-hetero) is 2. The van der Waals surface area contributed by atoms with Crippen LogP contribution in [-0.4, -0.2) is 17.5 Å². The Bertz CT molecular complexity index is 831. The first-order valence-electron chi connectivity index (χ1n) is 8.40. The molecule has 3 rings (SSSR count). The van der Waals surface area contributed by atoms with Gasteiger partial charge in [-0.15, -0.1) is 0 Å². The fourth-order valence-electron chi connectivity index (χ4n) is 3.29. The second kappa shape index (κ2) is 6.28. The van der Waals surface area contributed by atoms with Crippen molar-refractivity contribution in [1.82, 2.24) is 0 Å². The van der Waals surface area contributed by atoms with E-state index in [0.29, 0.717) is 16.7 Å². The number of carbonyl (C=O) groups excluding carboxylic acids is 3. The number of fused-ring (bicyclic) bond motifs is 1. The third-order valence-corrected chi connectivity index (χ3v) is 4.83. The first kappa shape index (κ1) is 17.1. The van der Waals surface area contributed by atoms with Crippen molar-refractivity contribution in [2.24, 2.45) is 0 Å². The monoisotopic (exact) mass is 336 g/mol. The summed E-state index contributed by atoms with van der Waals surface area (Å²) in [6, 6.07) is 13.8. The molecule has 1 aliphatic rings. The molecule has 0 radical (unpaired) electrons. The highest BCUT2D eigenvalue weighted by Gasteiger charge is 2.57. The first-order valence-corrected chi connectivity index (χ1v) is 8.40. The van der Waals surface area contributed by atoms with Gasteiger partial charge in [0.15, 0.2) is 0 Å². The van der Waals surface area contributed by atoms with Crippen molar-refractivity contribution in [3.8, 4) is 0 Å². The molecule has 0 N–H and O–H groups in total. The molecular weight excluding hydrogens is 316 g/mol. The van der Waals surface area contributed by atoms with Gasteiger partial charge < -0.3 is 4.74 Å². The molecule has 128 valence electrons. The minimum atomic E-state index is -1.92. The third-order valence-electron chi connectivity index (χ3n) is 4.83. The van der Waals surface area contributed by atoms with Crippen LogP contribution in [0.25, 0.3) is 0 Å². The number of carbonyl (C=O) groups is 3. The molecule has 0 saturated carbocycles. The molecule has 0 bridgehead atoms. The van der Waals surface area contributed by atoms with Gasteiger partial charge in [0.2, 0.25) is 11.6 Å². The first-order chi connectivity index (χ1) is 11.9. The average molecular weight is 336 g/mol. The predicted octanol–water partition coefficient (Wildman–Crippen LogP) is 4.04. The molecule has 0 amide bonds. The summed E-state index contributed by atoms with van der Waals surface area (Å²) in [6.07, 6.45) is 0.923. The van der Waals surface area contributed by atoms with Crippen molar-refractivity contribution < 1.29 is 19.1 Å². The summed E-state index contributed by atoms with van der Waals surface area (Å²) in [5, 5.41) is 0. The largest absolute Gasteiger partial charge is 0.437 e. The van der Waals surface area contributed by atoms with Gasteiger partial charge >= 0.3 is 5.97 Å². The summed E-state index contributed by atoms with van der Waals surface area (Å²) in [5.74, 6) is -1.36. The van der Waals surface area contributed by atoms with E-state index < -0.39 is 23.1 Å². The molecule has 1 atom stereocenters. The van der Waals surface area contributed by atoms with E-state index in [-0.39, 0.29) is 5.92 Å². The fourth-order valence-corrected chi connectivity index (χ4v) is 3.29. The number of esters is 1. The van der Waals surface area contributed by atoms with E-state index in [0.717, 1.165) is 12.0 Å². The molecule has 1 aliphatic carbocycles. The summed E-state index contributed by atoms with van der Waals surface area (Å²) in [6.45, 7) is 5.36. The Morgan fingerprint density at radius 1 is 1.04 bits per heavy atom. The van der Waals surface area contributed by atoms with Crippen molar-refractivity contribution >= 4 is 17.5 Å². The lowest BCUT2D eigenvalue weighted by molar-refractivity contribution is -0.149. The van der Waals surface area contributed by atoms with Crippen molar-refractivity contribution in [1.29, 1.82) is 0 Å². The van der Waals surface area contributed by atoms with Gasteiger partial charge in [-0.25, -0.2) is 0 Å². The minimum Gasteiger partial charge on any atom is -0.437 e. The van der Waals surface area contributed by atoms with Gasteiger partial charge in [0.1, 0.15) is 0 Å². The quantitative estimate of drug-likeness (QED) is 0.624. The SMILES string of the molecule is CCC(C)c1cccc(C2(OC(C)=O)C(=O)c3ccccc3C2=O)c1. The molecule has 0 aliphatic heterocycles. The van der Waals surface area contributed by atoms with Crippen LogP contribution in [-0.2, 0) is 15.1 Å². The van der Waals surface area contributed by atoms with Crippen LogP contribution in [0.2, 0.25) is 0 Å². The van der Waals surface area contributed by atoms with Crippen LogP contribution in [0.4, 0.5) is 0 Å². The maximum absolute atomic E-state index is 13.1. The second-order valence-corrected chi connectivity index (χ2v) is 6.41. The molecule has 2 aromatic rings. The smallest absolute Gasteiger partial charge is 0.304 e. The number of hydrogen-bond acceptors (Lipinski definition) is 4. The second-order valence-electron chi connectivity index (χ2n) is 6.41. The Morgan fingerprint density at radius 2 is 1.64 bits per heavy atom. The fraction of sp³-hybridized carbons (Fsp3) is 0.286. The van der Waals surface area contributed by atoms with E-state index in [1.165, 1.54) is 6.92 Å². The maximum Gasteiger partial charge on any atom is 0.304 e. The summed E-state index contributed by atoms with van der Waals surface area (Å²) in [7, 11) is 0. The number of ketones is 2. The van der Waals surface area contributed by atoms with Gasteiger partial charge in [-0.3, -0.25) is 14.4 Å². The van der Waals surface area contributed by atoms with E-state index in [2.05, 4.69) is 13.8 Å². The molecule has 4 nitrogen and oxygen atoms in total. The molecule has 4 heteroatoms. The normalized spacial score (nSPS) is 16.4. The molecule has 0 fully saturated rings. The highest BCUT2D eigenvalue weighted by molar-refractivity contribution is 6.32. The molecule has 25 heavy (non-hydrogen) atoms. The Morgan fingerprint density at radius 3 is 2.16 bits per heavy atom. The van der Waals surface area contributed by atoms with Crippen molar-refractivity contribution in [3.63, 3.8) is 0 Å². The molecule has 0 saturated heterocycles. The van der Waals surface area contributed by atoms with Crippen LogP contribution in [0.5, 0.6) is 0 Å². The number of benzene rings is 2. The average Bonchev–Trinajstić information content (AvgIpc) is 2.84. The summed E-state index contributed by atoms with van der Waals surface area (Å²) in [5.41, 5.74) is 0.0825. The highest BCUT2D eigenvalue weighted by atomic mass is 16.6. The number of ether oxygens (including phenoxy) is 1. The summed E-state index contributed by atoms with van der Waals surface area (Å²) in [4.78, 5) is 38.0. The van der Waals surface area contributed by atoms with Crippen LogP contribution in [0, 0.1) is 0 Å². The van der Waals surface area contributed by atoms with Gasteiger partial charge in [-0.1, -0.05) is 62.4 Å². The van der Waals surface area contributed by atoms with Crippen LogP contribution in [0.1, 0.15) is 65.0 Å². The lowest BCUT2D eigenvalue weighted by Crippen LogP contribution is -2.42. The zero-order valence-electron chi connectivity index (χ0n) is 14.5. The molecule has 0 aromatic heterocycles. The summed E-state index contributed by atoms with van der Waals surface area (Å²) < 4.78 is 5.42. The predicted molar refractivity (Wildman–Crippen MR) is 93.7 cm³/mol. The lowest BCUT2D eigenvalue weighted by atomic mass is 9.85. The highest BCUT2D eigenvalue weighted by Crippen LogP contribution is 2.41. The van der Waals surface area contributed by atoms with Gasteiger partial charge in [0.05, 0.1) is 0 Å². The van der Waals surface area contributed by atoms with E-state index in [1.807, 2.05) is 6.07 Å². The standard InChI is InChI=1S/C21H20O4/c1-4-13(2)15-8-7-9-16(12-15)21(25-14(3)22)19(23)17-10-5-6-11-18(17)20(21)24/h5-13H,4H2,1-3H3. The van der Waals surface area contributed by atoms with Crippen LogP contribution in [0.3, 0.4) is 0 Å². The Balaban J connectivity index is 2.22. The van der Waals surface area contributed by atoms with Crippen LogP contribution in [0.15, 0.2) is 48.5 Å². The third kappa shape index (κ3) is 2.58. The molecule has 2 aromatic carbocycles. The van der Waals surface area contributed by atoms with Crippen molar-refractivity contribution in [2.45, 2.75) is 38.7 Å². The van der Waals surface area contributed by atoms with E-state index in [9.17, 15) is 14.4 Å². The van der Waals surface area contributed by atoms with Gasteiger partial charge in [-0.2, -0.15) is 0 Å². The van der Waals surface area contributed by atoms with Gasteiger partial charge in [0, 0.05) is 23.6 Å². The number of hydrogen-bond donors (Lipinski definition) is 0. The molecule has 1 unspecified atom stereocenters. The summed E-state index contributed by atoms with van der Waals surface area (Å²) >= 11 is 0. The van der Waals surface area contributed by atoms with Crippen molar-refractivity contribution in [3.05, 3.63) is 70.8 Å². The Hall–Kier alpha value is -2.75. The van der Waals surface area contributed by atoms with E-state index in [1.54, 1.807) is 42.5 Å². The van der Waals surface area contributed by atoms with E-state index >= 15 is 0 Å². The zero-order chi connectivity index (χ0) is 18.2. The molecule has 0 spiro atoms. The van der Waals surface area contributed by atoms with Crippen LogP contribution < -0.4 is 0 Å². The Labute approximate surface area is 146 Å².